The molecule has 0 saturated heterocycles. The molecule has 10 heteroatoms. The number of carbonyl (C=O) groups excluding carboxylic acids is 4. The van der Waals surface area contributed by atoms with Gasteiger partial charge in [-0.15, -0.1) is 0 Å². The van der Waals surface area contributed by atoms with Crippen molar-refractivity contribution < 1.29 is 42.9 Å². The molecular formula is C40H51NO9. The minimum atomic E-state index is -1.17. The summed E-state index contributed by atoms with van der Waals surface area (Å²) in [6.45, 7) is 11.2. The standard InChI is InChI=1S/C40H51NO9/c1-39(2,3)25-32(42)19-13-14-20-36(43)48-28-49-37(44)33(41-38(45)50-40(4,5)6)23-31-21-22-34(46-26-29-15-9-7-10-16-29)35(24-31)47-27-30-17-11-8-12-18-30/h7-12,15-18,21-22,24,33H,13-14,19-20,23,25-28H2,1-6H3,(H,41,45)/t33-/m0/s1. The third kappa shape index (κ3) is 16.0. The Labute approximate surface area is 295 Å². The third-order valence-electron chi connectivity index (χ3n) is 7.13. The zero-order valence-electron chi connectivity index (χ0n) is 30.1. The van der Waals surface area contributed by atoms with Gasteiger partial charge < -0.3 is 29.0 Å². The fourth-order valence-electron chi connectivity index (χ4n) is 4.86. The predicted octanol–water partition coefficient (Wildman–Crippen LogP) is 7.89. The molecule has 1 amide bonds. The lowest BCUT2D eigenvalue weighted by molar-refractivity contribution is -0.168. The predicted molar refractivity (Wildman–Crippen MR) is 189 cm³/mol. The van der Waals surface area contributed by atoms with Crippen molar-refractivity contribution >= 4 is 23.8 Å². The van der Waals surface area contributed by atoms with E-state index in [1.807, 2.05) is 81.4 Å². The van der Waals surface area contributed by atoms with Crippen LogP contribution in [0.15, 0.2) is 78.9 Å². The van der Waals surface area contributed by atoms with E-state index in [1.54, 1.807) is 39.0 Å². The molecule has 0 spiro atoms. The molecule has 3 aromatic rings. The number of unbranched alkanes of at least 4 members (excludes halogenated alkanes) is 1. The summed E-state index contributed by atoms with van der Waals surface area (Å²) in [5, 5.41) is 2.59. The monoisotopic (exact) mass is 689 g/mol. The first-order chi connectivity index (χ1) is 23.7. The second-order valence-corrected chi connectivity index (χ2v) is 14.3. The Bertz CT molecular complexity index is 1530. The lowest BCUT2D eigenvalue weighted by Gasteiger charge is -2.23. The fourth-order valence-corrected chi connectivity index (χ4v) is 4.86. The number of amides is 1. The molecule has 50 heavy (non-hydrogen) atoms. The Morgan fingerprint density at radius 3 is 1.84 bits per heavy atom. The van der Waals surface area contributed by atoms with Crippen LogP contribution in [0.25, 0.3) is 0 Å². The molecule has 0 unspecified atom stereocenters. The second kappa shape index (κ2) is 19.4. The van der Waals surface area contributed by atoms with E-state index in [-0.39, 0.29) is 30.6 Å². The summed E-state index contributed by atoms with van der Waals surface area (Å²) >= 11 is 0. The van der Waals surface area contributed by atoms with E-state index in [1.165, 1.54) is 0 Å². The summed E-state index contributed by atoms with van der Waals surface area (Å²) in [4.78, 5) is 50.3. The number of hydrogen-bond donors (Lipinski definition) is 1. The number of hydrogen-bond acceptors (Lipinski definition) is 9. The van der Waals surface area contributed by atoms with Gasteiger partial charge in [-0.05, 0) is 67.9 Å². The van der Waals surface area contributed by atoms with Gasteiger partial charge in [0.1, 0.15) is 30.6 Å². The molecule has 1 N–H and O–H groups in total. The number of ether oxygens (including phenoxy) is 5. The number of benzene rings is 3. The Hall–Kier alpha value is -4.86. The Morgan fingerprint density at radius 1 is 0.680 bits per heavy atom. The Morgan fingerprint density at radius 2 is 1.26 bits per heavy atom. The summed E-state index contributed by atoms with van der Waals surface area (Å²) in [6, 6.07) is 23.5. The summed E-state index contributed by atoms with van der Waals surface area (Å²) in [5.41, 5.74) is 1.72. The first kappa shape index (κ1) is 39.6. The lowest BCUT2D eigenvalue weighted by Crippen LogP contribution is -2.45. The van der Waals surface area contributed by atoms with Crippen LogP contribution in [-0.2, 0) is 48.2 Å². The highest BCUT2D eigenvalue weighted by atomic mass is 16.7. The van der Waals surface area contributed by atoms with E-state index in [0.717, 1.165) is 11.1 Å². The number of rotatable bonds is 18. The zero-order valence-corrected chi connectivity index (χ0v) is 30.1. The van der Waals surface area contributed by atoms with E-state index >= 15 is 0 Å². The van der Waals surface area contributed by atoms with Crippen LogP contribution in [0.5, 0.6) is 11.5 Å². The average Bonchev–Trinajstić information content (AvgIpc) is 3.04. The maximum atomic E-state index is 13.2. The van der Waals surface area contributed by atoms with E-state index < -0.39 is 36.5 Å². The number of esters is 2. The lowest BCUT2D eigenvalue weighted by atomic mass is 9.88. The largest absolute Gasteiger partial charge is 0.485 e. The molecule has 0 aliphatic carbocycles. The van der Waals surface area contributed by atoms with Gasteiger partial charge >= 0.3 is 18.0 Å². The maximum absolute atomic E-state index is 13.2. The van der Waals surface area contributed by atoms with Crippen molar-refractivity contribution in [2.75, 3.05) is 6.79 Å². The van der Waals surface area contributed by atoms with Crippen molar-refractivity contribution in [3.63, 3.8) is 0 Å². The van der Waals surface area contributed by atoms with Crippen molar-refractivity contribution in [3.05, 3.63) is 95.6 Å². The van der Waals surface area contributed by atoms with Crippen molar-refractivity contribution in [1.82, 2.24) is 5.32 Å². The minimum Gasteiger partial charge on any atom is -0.485 e. The average molecular weight is 690 g/mol. The van der Waals surface area contributed by atoms with Gasteiger partial charge in [0.2, 0.25) is 6.79 Å². The van der Waals surface area contributed by atoms with E-state index in [9.17, 15) is 19.2 Å². The van der Waals surface area contributed by atoms with Gasteiger partial charge in [0.25, 0.3) is 0 Å². The summed E-state index contributed by atoms with van der Waals surface area (Å²) in [5.74, 6) is -0.233. The third-order valence-corrected chi connectivity index (χ3v) is 7.13. The molecule has 270 valence electrons. The topological polar surface area (TPSA) is 126 Å². The zero-order chi connectivity index (χ0) is 36.6. The highest BCUT2D eigenvalue weighted by Crippen LogP contribution is 2.31. The van der Waals surface area contributed by atoms with Crippen LogP contribution < -0.4 is 14.8 Å². The highest BCUT2D eigenvalue weighted by Gasteiger charge is 2.27. The smallest absolute Gasteiger partial charge is 0.408 e. The van der Waals surface area contributed by atoms with Crippen LogP contribution in [0.1, 0.15) is 90.3 Å². The van der Waals surface area contributed by atoms with Gasteiger partial charge in [0.15, 0.2) is 11.5 Å². The van der Waals surface area contributed by atoms with Gasteiger partial charge in [-0.3, -0.25) is 9.59 Å². The minimum absolute atomic E-state index is 0.0231. The molecule has 0 radical (unpaired) electrons. The number of nitrogens with one attached hydrogen (secondary N) is 1. The van der Waals surface area contributed by atoms with Crippen molar-refractivity contribution in [1.29, 1.82) is 0 Å². The molecular weight excluding hydrogens is 638 g/mol. The van der Waals surface area contributed by atoms with Crippen molar-refractivity contribution in [3.8, 4) is 11.5 Å². The summed E-state index contributed by atoms with van der Waals surface area (Å²) in [7, 11) is 0. The normalized spacial score (nSPS) is 12.0. The highest BCUT2D eigenvalue weighted by molar-refractivity contribution is 5.82. The Kier molecular flexibility index (Phi) is 15.3. The van der Waals surface area contributed by atoms with Gasteiger partial charge in [-0.25, -0.2) is 9.59 Å². The SMILES string of the molecule is CC(C)(C)CC(=O)CCCCC(=O)OCOC(=O)[C@H](Cc1ccc(OCc2ccccc2)c(OCc2ccccc2)c1)NC(=O)OC(C)(C)C. The number of ketones is 1. The van der Waals surface area contributed by atoms with Crippen molar-refractivity contribution in [2.24, 2.45) is 5.41 Å². The molecule has 1 atom stereocenters. The van der Waals surface area contributed by atoms with E-state index in [4.69, 9.17) is 23.7 Å². The molecule has 0 bridgehead atoms. The number of carbonyl (C=O) groups is 4. The van der Waals surface area contributed by atoms with E-state index in [2.05, 4.69) is 5.32 Å². The van der Waals surface area contributed by atoms with Crippen LogP contribution in [0.4, 0.5) is 4.79 Å². The molecule has 0 fully saturated rings. The molecule has 0 aliphatic rings. The second-order valence-electron chi connectivity index (χ2n) is 14.3. The summed E-state index contributed by atoms with van der Waals surface area (Å²) < 4.78 is 28.0. The van der Waals surface area contributed by atoms with Gasteiger partial charge in [0, 0.05) is 25.7 Å². The van der Waals surface area contributed by atoms with Crippen LogP contribution in [-0.4, -0.2) is 42.3 Å². The maximum Gasteiger partial charge on any atom is 0.408 e. The molecule has 0 saturated carbocycles. The molecule has 10 nitrogen and oxygen atoms in total. The molecule has 3 rings (SSSR count). The van der Waals surface area contributed by atoms with Gasteiger partial charge in [-0.2, -0.15) is 0 Å². The molecule has 0 aliphatic heterocycles. The van der Waals surface area contributed by atoms with Gasteiger partial charge in [0.05, 0.1) is 0 Å². The van der Waals surface area contributed by atoms with Gasteiger partial charge in [-0.1, -0.05) is 87.5 Å². The first-order valence-corrected chi connectivity index (χ1v) is 17.0. The first-order valence-electron chi connectivity index (χ1n) is 17.0. The van der Waals surface area contributed by atoms with Crippen LogP contribution in [0.2, 0.25) is 0 Å². The molecule has 0 heterocycles. The van der Waals surface area contributed by atoms with E-state index in [0.29, 0.717) is 49.4 Å². The summed E-state index contributed by atoms with van der Waals surface area (Å²) in [6.07, 6.45) is 1.24. The van der Waals surface area contributed by atoms with Crippen molar-refractivity contribution in [2.45, 2.75) is 105 Å². The molecule has 3 aromatic carbocycles. The quantitative estimate of drug-likeness (QED) is 0.0806. The van der Waals surface area contributed by atoms with Crippen LogP contribution in [0, 0.1) is 5.41 Å². The number of alkyl carbamates (subject to hydrolysis) is 1. The Balaban J connectivity index is 1.66. The fraction of sp³-hybridized carbons (Fsp3) is 0.450. The molecule has 0 aromatic heterocycles. The van der Waals surface area contributed by atoms with Crippen LogP contribution >= 0.6 is 0 Å². The van der Waals surface area contributed by atoms with Crippen LogP contribution in [0.3, 0.4) is 0 Å². The number of Topliss-reactive ketones (excluding diaryl/α,β-unsaturated/α-hetero) is 1.